The third-order valence-corrected chi connectivity index (χ3v) is 5.00. The van der Waals surface area contributed by atoms with Gasteiger partial charge in [-0.05, 0) is 67.1 Å². The second kappa shape index (κ2) is 10.0. The van der Waals surface area contributed by atoms with Gasteiger partial charge in [0.15, 0.2) is 5.76 Å². The largest absolute Gasteiger partial charge is 0.494 e. The second-order valence-corrected chi connectivity index (χ2v) is 7.30. The number of hydrazone groups is 1. The predicted molar refractivity (Wildman–Crippen MR) is 125 cm³/mol. The van der Waals surface area contributed by atoms with Crippen LogP contribution in [0, 0.1) is 0 Å². The lowest BCUT2D eigenvalue weighted by Crippen LogP contribution is -2.16. The summed E-state index contributed by atoms with van der Waals surface area (Å²) in [7, 11) is 0. The van der Waals surface area contributed by atoms with E-state index in [1.807, 2.05) is 61.5 Å². The van der Waals surface area contributed by atoms with Gasteiger partial charge in [-0.25, -0.2) is 5.43 Å². The van der Waals surface area contributed by atoms with E-state index in [1.165, 1.54) is 0 Å². The molecule has 0 aliphatic carbocycles. The molecule has 4 aromatic rings. The number of fused-ring (bicyclic) bond motifs is 1. The van der Waals surface area contributed by atoms with Crippen molar-refractivity contribution in [2.75, 3.05) is 6.61 Å². The molecule has 0 saturated carbocycles. The average Bonchev–Trinajstić information content (AvgIpc) is 3.23. The molecule has 0 atom stereocenters. The number of hydrogen-bond acceptors (Lipinski definition) is 5. The van der Waals surface area contributed by atoms with Crippen molar-refractivity contribution in [2.24, 2.45) is 5.10 Å². The summed E-state index contributed by atoms with van der Waals surface area (Å²) in [5.74, 6) is 1.18. The van der Waals surface area contributed by atoms with Gasteiger partial charge >= 0.3 is 5.91 Å². The third kappa shape index (κ3) is 5.28. The van der Waals surface area contributed by atoms with Gasteiger partial charge < -0.3 is 13.9 Å². The molecule has 0 fully saturated rings. The van der Waals surface area contributed by atoms with Gasteiger partial charge in [-0.3, -0.25) is 4.79 Å². The Morgan fingerprint density at radius 1 is 1.03 bits per heavy atom. The van der Waals surface area contributed by atoms with Crippen molar-refractivity contribution < 1.29 is 18.7 Å². The van der Waals surface area contributed by atoms with Crippen LogP contribution in [0.4, 0.5) is 0 Å². The molecule has 0 aliphatic rings. The van der Waals surface area contributed by atoms with Gasteiger partial charge in [0, 0.05) is 16.0 Å². The number of ether oxygens (including phenoxy) is 2. The molecular weight excluding hydrogens is 428 g/mol. The van der Waals surface area contributed by atoms with Crippen molar-refractivity contribution >= 4 is 34.7 Å². The SMILES string of the molecule is CCOc1ccc2oc(C(=O)N/N=C/c3ccc(OCc4ccccc4Cl)cc3)cc2c1. The Hall–Kier alpha value is -3.77. The third-order valence-electron chi connectivity index (χ3n) is 4.63. The molecule has 0 radical (unpaired) electrons. The molecular formula is C25H21ClN2O4. The first-order valence-electron chi connectivity index (χ1n) is 10.1. The van der Waals surface area contributed by atoms with E-state index in [-0.39, 0.29) is 5.76 Å². The van der Waals surface area contributed by atoms with Crippen molar-refractivity contribution in [3.63, 3.8) is 0 Å². The number of carbonyl (C=O) groups excluding carboxylic acids is 1. The van der Waals surface area contributed by atoms with E-state index in [4.69, 9.17) is 25.5 Å². The summed E-state index contributed by atoms with van der Waals surface area (Å²) in [5.41, 5.74) is 4.81. The minimum absolute atomic E-state index is 0.175. The number of benzene rings is 3. The van der Waals surface area contributed by atoms with E-state index in [9.17, 15) is 4.79 Å². The molecule has 32 heavy (non-hydrogen) atoms. The maximum atomic E-state index is 12.3. The zero-order chi connectivity index (χ0) is 22.3. The molecule has 0 aliphatic heterocycles. The molecule has 1 N–H and O–H groups in total. The number of amides is 1. The fourth-order valence-electron chi connectivity index (χ4n) is 3.04. The van der Waals surface area contributed by atoms with Crippen LogP contribution in [0.1, 0.15) is 28.6 Å². The van der Waals surface area contributed by atoms with Crippen molar-refractivity contribution in [1.29, 1.82) is 0 Å². The first-order valence-corrected chi connectivity index (χ1v) is 10.5. The Bertz CT molecular complexity index is 1250. The monoisotopic (exact) mass is 448 g/mol. The van der Waals surface area contributed by atoms with Gasteiger partial charge in [0.2, 0.25) is 0 Å². The molecule has 0 saturated heterocycles. The van der Waals surface area contributed by atoms with Gasteiger partial charge in [-0.2, -0.15) is 5.10 Å². The smallest absolute Gasteiger partial charge is 0.307 e. The number of nitrogens with zero attached hydrogens (tertiary/aromatic N) is 1. The summed E-state index contributed by atoms with van der Waals surface area (Å²) >= 11 is 6.14. The van der Waals surface area contributed by atoms with Crippen LogP contribution in [0.25, 0.3) is 11.0 Å². The molecule has 1 heterocycles. The maximum Gasteiger partial charge on any atom is 0.307 e. The molecule has 3 aromatic carbocycles. The fourth-order valence-corrected chi connectivity index (χ4v) is 3.23. The van der Waals surface area contributed by atoms with Crippen LogP contribution >= 0.6 is 11.6 Å². The second-order valence-electron chi connectivity index (χ2n) is 6.89. The van der Waals surface area contributed by atoms with Crippen LogP contribution in [0.3, 0.4) is 0 Å². The minimum atomic E-state index is -0.435. The van der Waals surface area contributed by atoms with Crippen LogP contribution in [-0.4, -0.2) is 18.7 Å². The lowest BCUT2D eigenvalue weighted by Gasteiger charge is -2.07. The molecule has 0 bridgehead atoms. The highest BCUT2D eigenvalue weighted by atomic mass is 35.5. The summed E-state index contributed by atoms with van der Waals surface area (Å²) in [6.07, 6.45) is 1.55. The number of carbonyl (C=O) groups is 1. The van der Waals surface area contributed by atoms with E-state index in [2.05, 4.69) is 10.5 Å². The van der Waals surface area contributed by atoms with Gasteiger partial charge in [0.05, 0.1) is 12.8 Å². The molecule has 4 rings (SSSR count). The minimum Gasteiger partial charge on any atom is -0.494 e. The van der Waals surface area contributed by atoms with E-state index >= 15 is 0 Å². The van der Waals surface area contributed by atoms with E-state index in [1.54, 1.807) is 24.4 Å². The van der Waals surface area contributed by atoms with Crippen molar-refractivity contribution in [2.45, 2.75) is 13.5 Å². The zero-order valence-electron chi connectivity index (χ0n) is 17.4. The van der Waals surface area contributed by atoms with E-state index in [0.29, 0.717) is 29.6 Å². The number of halogens is 1. The van der Waals surface area contributed by atoms with Crippen LogP contribution in [0.15, 0.2) is 82.3 Å². The molecule has 7 heteroatoms. The fraction of sp³-hybridized carbons (Fsp3) is 0.120. The highest BCUT2D eigenvalue weighted by Crippen LogP contribution is 2.24. The van der Waals surface area contributed by atoms with Gasteiger partial charge in [0.1, 0.15) is 23.7 Å². The maximum absolute atomic E-state index is 12.3. The highest BCUT2D eigenvalue weighted by molar-refractivity contribution is 6.31. The summed E-state index contributed by atoms with van der Waals surface area (Å²) < 4.78 is 16.8. The summed E-state index contributed by atoms with van der Waals surface area (Å²) in [4.78, 5) is 12.3. The van der Waals surface area contributed by atoms with Crippen molar-refractivity contribution in [3.05, 3.63) is 94.7 Å². The van der Waals surface area contributed by atoms with Crippen molar-refractivity contribution in [1.82, 2.24) is 5.43 Å². The molecule has 0 unspecified atom stereocenters. The first-order chi connectivity index (χ1) is 15.6. The Morgan fingerprint density at radius 2 is 1.81 bits per heavy atom. The van der Waals surface area contributed by atoms with Crippen LogP contribution < -0.4 is 14.9 Å². The topological polar surface area (TPSA) is 73.1 Å². The first kappa shape index (κ1) is 21.5. The Kier molecular flexibility index (Phi) is 6.72. The summed E-state index contributed by atoms with van der Waals surface area (Å²) in [6, 6.07) is 22.0. The average molecular weight is 449 g/mol. The number of hydrogen-bond donors (Lipinski definition) is 1. The Labute approximate surface area is 190 Å². The molecule has 0 spiro atoms. The number of nitrogens with one attached hydrogen (secondary N) is 1. The molecule has 1 aromatic heterocycles. The lowest BCUT2D eigenvalue weighted by atomic mass is 10.2. The quantitative estimate of drug-likeness (QED) is 0.272. The zero-order valence-corrected chi connectivity index (χ0v) is 18.1. The standard InChI is InChI=1S/C25H21ClN2O4/c1-2-30-21-11-12-23-19(13-21)14-24(32-23)25(29)28-27-15-17-7-9-20(10-8-17)31-16-18-5-3-4-6-22(18)26/h3-15H,2,16H2,1H3,(H,28,29)/b27-15+. The van der Waals surface area contributed by atoms with Gasteiger partial charge in [-0.15, -0.1) is 0 Å². The van der Waals surface area contributed by atoms with Crippen LogP contribution in [0.5, 0.6) is 11.5 Å². The van der Waals surface area contributed by atoms with Crippen LogP contribution in [0.2, 0.25) is 5.02 Å². The Balaban J connectivity index is 1.33. The number of furan rings is 1. The number of rotatable bonds is 8. The van der Waals surface area contributed by atoms with E-state index < -0.39 is 5.91 Å². The normalized spacial score (nSPS) is 11.1. The van der Waals surface area contributed by atoms with Crippen molar-refractivity contribution in [3.8, 4) is 11.5 Å². The van der Waals surface area contributed by atoms with Crippen LogP contribution in [-0.2, 0) is 6.61 Å². The van der Waals surface area contributed by atoms with Gasteiger partial charge in [0.25, 0.3) is 0 Å². The lowest BCUT2D eigenvalue weighted by molar-refractivity contribution is 0.0929. The molecule has 1 amide bonds. The molecule has 162 valence electrons. The summed E-state index contributed by atoms with van der Waals surface area (Å²) in [5, 5.41) is 5.46. The highest BCUT2D eigenvalue weighted by Gasteiger charge is 2.12. The summed E-state index contributed by atoms with van der Waals surface area (Å²) in [6.45, 7) is 2.87. The predicted octanol–water partition coefficient (Wildman–Crippen LogP) is 5.83. The van der Waals surface area contributed by atoms with E-state index in [0.717, 1.165) is 22.3 Å². The van der Waals surface area contributed by atoms with Gasteiger partial charge in [-0.1, -0.05) is 29.8 Å². The Morgan fingerprint density at radius 3 is 2.59 bits per heavy atom. The molecule has 6 nitrogen and oxygen atoms in total.